The van der Waals surface area contributed by atoms with Crippen molar-refractivity contribution in [3.05, 3.63) is 46.3 Å². The van der Waals surface area contributed by atoms with E-state index in [0.717, 1.165) is 5.82 Å². The van der Waals surface area contributed by atoms with Gasteiger partial charge < -0.3 is 10.2 Å². The largest absolute Gasteiger partial charge is 0.363 e. The van der Waals surface area contributed by atoms with E-state index in [0.29, 0.717) is 11.5 Å². The van der Waals surface area contributed by atoms with Crippen molar-refractivity contribution >= 4 is 23.1 Å². The molecule has 2 aromatic rings. The molecular weight excluding hydrogens is 306 g/mol. The first-order valence-electron chi connectivity index (χ1n) is 8.13. The highest BCUT2D eigenvalue weighted by Gasteiger charge is 2.28. The summed E-state index contributed by atoms with van der Waals surface area (Å²) < 4.78 is 0. The molecule has 0 aromatic carbocycles. The van der Waals surface area contributed by atoms with Crippen LogP contribution in [0.25, 0.3) is 0 Å². The SMILES string of the molecule is CN(C)c1cc(C(=O)N[C@@H](c2cccs2)C2CCCC2)ccn1. The van der Waals surface area contributed by atoms with Crippen molar-refractivity contribution < 1.29 is 4.79 Å². The van der Waals surface area contributed by atoms with Crippen LogP contribution in [0.3, 0.4) is 0 Å². The Morgan fingerprint density at radius 2 is 2.13 bits per heavy atom. The van der Waals surface area contributed by atoms with Crippen molar-refractivity contribution in [1.29, 1.82) is 0 Å². The minimum Gasteiger partial charge on any atom is -0.363 e. The summed E-state index contributed by atoms with van der Waals surface area (Å²) in [7, 11) is 3.86. The van der Waals surface area contributed by atoms with Crippen LogP contribution in [-0.4, -0.2) is 25.0 Å². The lowest BCUT2D eigenvalue weighted by atomic mass is 9.96. The van der Waals surface area contributed by atoms with Crippen LogP contribution in [0.5, 0.6) is 0 Å². The van der Waals surface area contributed by atoms with Gasteiger partial charge in [-0.15, -0.1) is 11.3 Å². The molecule has 3 rings (SSSR count). The highest BCUT2D eigenvalue weighted by molar-refractivity contribution is 7.10. The summed E-state index contributed by atoms with van der Waals surface area (Å²) in [5.74, 6) is 1.33. The van der Waals surface area contributed by atoms with Gasteiger partial charge in [-0.3, -0.25) is 4.79 Å². The van der Waals surface area contributed by atoms with E-state index < -0.39 is 0 Å². The summed E-state index contributed by atoms with van der Waals surface area (Å²) in [6.45, 7) is 0. The van der Waals surface area contributed by atoms with Gasteiger partial charge in [-0.1, -0.05) is 18.9 Å². The Kier molecular flexibility index (Phi) is 4.96. The lowest BCUT2D eigenvalue weighted by molar-refractivity contribution is 0.0922. The van der Waals surface area contributed by atoms with Gasteiger partial charge in [0, 0.05) is 30.7 Å². The van der Waals surface area contributed by atoms with Gasteiger partial charge in [0.25, 0.3) is 5.91 Å². The van der Waals surface area contributed by atoms with E-state index in [4.69, 9.17) is 0 Å². The average molecular weight is 329 g/mol. The maximum absolute atomic E-state index is 12.7. The molecule has 0 saturated heterocycles. The van der Waals surface area contributed by atoms with Crippen LogP contribution in [0.15, 0.2) is 35.8 Å². The minimum atomic E-state index is -0.0131. The highest BCUT2D eigenvalue weighted by atomic mass is 32.1. The Labute approximate surface area is 141 Å². The zero-order valence-corrected chi connectivity index (χ0v) is 14.5. The molecule has 122 valence electrons. The van der Waals surface area contributed by atoms with Gasteiger partial charge in [0.2, 0.25) is 0 Å². The van der Waals surface area contributed by atoms with Crippen molar-refractivity contribution in [1.82, 2.24) is 10.3 Å². The van der Waals surface area contributed by atoms with Gasteiger partial charge in [-0.05, 0) is 42.3 Å². The number of anilines is 1. The number of rotatable bonds is 5. The smallest absolute Gasteiger partial charge is 0.251 e. The summed E-state index contributed by atoms with van der Waals surface area (Å²) in [6.07, 6.45) is 6.62. The summed E-state index contributed by atoms with van der Waals surface area (Å²) in [6, 6.07) is 7.94. The molecule has 2 heterocycles. The number of nitrogens with zero attached hydrogens (tertiary/aromatic N) is 2. The average Bonchev–Trinajstić information content (AvgIpc) is 3.26. The molecule has 23 heavy (non-hydrogen) atoms. The topological polar surface area (TPSA) is 45.2 Å². The van der Waals surface area contributed by atoms with Crippen molar-refractivity contribution in [3.63, 3.8) is 0 Å². The fourth-order valence-electron chi connectivity index (χ4n) is 3.21. The van der Waals surface area contributed by atoms with Crippen LogP contribution in [0.1, 0.15) is 47.0 Å². The zero-order chi connectivity index (χ0) is 16.2. The summed E-state index contributed by atoms with van der Waals surface area (Å²) in [4.78, 5) is 20.2. The Morgan fingerprint density at radius 1 is 1.35 bits per heavy atom. The zero-order valence-electron chi connectivity index (χ0n) is 13.7. The number of amides is 1. The molecule has 1 aliphatic rings. The van der Waals surface area contributed by atoms with Gasteiger partial charge in [0.05, 0.1) is 6.04 Å². The first-order valence-corrected chi connectivity index (χ1v) is 9.01. The van der Waals surface area contributed by atoms with Gasteiger partial charge >= 0.3 is 0 Å². The standard InChI is InChI=1S/C18H23N3OS/c1-21(2)16-12-14(9-10-19-16)18(22)20-17(13-6-3-4-7-13)15-8-5-11-23-15/h5,8-13,17H,3-4,6-7H2,1-2H3,(H,20,22)/t17-/m1/s1. The van der Waals surface area contributed by atoms with E-state index in [1.54, 1.807) is 23.6 Å². The molecule has 1 fully saturated rings. The van der Waals surface area contributed by atoms with E-state index in [2.05, 4.69) is 27.8 Å². The van der Waals surface area contributed by atoms with Crippen molar-refractivity contribution in [2.24, 2.45) is 5.92 Å². The Morgan fingerprint density at radius 3 is 2.78 bits per heavy atom. The number of hydrogen-bond acceptors (Lipinski definition) is 4. The van der Waals surface area contributed by atoms with E-state index in [1.165, 1.54) is 30.6 Å². The third kappa shape index (κ3) is 3.72. The van der Waals surface area contributed by atoms with Gasteiger partial charge in [0.15, 0.2) is 0 Å². The second-order valence-corrected chi connectivity index (χ2v) is 7.29. The molecule has 0 spiro atoms. The quantitative estimate of drug-likeness (QED) is 0.905. The monoisotopic (exact) mass is 329 g/mol. The fourth-order valence-corrected chi connectivity index (χ4v) is 4.08. The van der Waals surface area contributed by atoms with Gasteiger partial charge in [-0.2, -0.15) is 0 Å². The third-order valence-corrected chi connectivity index (χ3v) is 5.43. The van der Waals surface area contributed by atoms with Crippen LogP contribution in [0, 0.1) is 5.92 Å². The van der Waals surface area contributed by atoms with Crippen LogP contribution < -0.4 is 10.2 Å². The normalized spacial score (nSPS) is 16.3. The minimum absolute atomic E-state index is 0.0131. The molecule has 1 N–H and O–H groups in total. The molecule has 0 unspecified atom stereocenters. The van der Waals surface area contributed by atoms with Gasteiger partial charge in [-0.25, -0.2) is 4.98 Å². The molecule has 0 aliphatic heterocycles. The van der Waals surface area contributed by atoms with E-state index in [9.17, 15) is 4.79 Å². The predicted octanol–water partition coefficient (Wildman–Crippen LogP) is 3.87. The molecule has 1 saturated carbocycles. The molecular formula is C18H23N3OS. The maximum Gasteiger partial charge on any atom is 0.251 e. The van der Waals surface area contributed by atoms with E-state index in [-0.39, 0.29) is 11.9 Å². The van der Waals surface area contributed by atoms with E-state index >= 15 is 0 Å². The molecule has 4 nitrogen and oxygen atoms in total. The van der Waals surface area contributed by atoms with Crippen LogP contribution in [0.4, 0.5) is 5.82 Å². The van der Waals surface area contributed by atoms with Crippen molar-refractivity contribution in [3.8, 4) is 0 Å². The molecule has 0 radical (unpaired) electrons. The number of hydrogen-bond donors (Lipinski definition) is 1. The summed E-state index contributed by atoms with van der Waals surface area (Å²) >= 11 is 1.73. The number of pyridine rings is 1. The van der Waals surface area contributed by atoms with Crippen LogP contribution in [-0.2, 0) is 0 Å². The highest BCUT2D eigenvalue weighted by Crippen LogP contribution is 2.37. The number of carbonyl (C=O) groups excluding carboxylic acids is 1. The third-order valence-electron chi connectivity index (χ3n) is 4.47. The summed E-state index contributed by atoms with van der Waals surface area (Å²) in [5.41, 5.74) is 0.670. The van der Waals surface area contributed by atoms with Gasteiger partial charge in [0.1, 0.15) is 5.82 Å². The molecule has 0 bridgehead atoms. The lowest BCUT2D eigenvalue weighted by Crippen LogP contribution is -2.32. The van der Waals surface area contributed by atoms with Crippen molar-refractivity contribution in [2.45, 2.75) is 31.7 Å². The Bertz CT molecular complexity index is 648. The fraction of sp³-hybridized carbons (Fsp3) is 0.444. The summed E-state index contributed by atoms with van der Waals surface area (Å²) in [5, 5.41) is 5.35. The van der Waals surface area contributed by atoms with E-state index in [1.807, 2.05) is 25.1 Å². The van der Waals surface area contributed by atoms with Crippen LogP contribution in [0.2, 0.25) is 0 Å². The number of aromatic nitrogens is 1. The Hall–Kier alpha value is -1.88. The lowest BCUT2D eigenvalue weighted by Gasteiger charge is -2.24. The molecule has 1 atom stereocenters. The number of carbonyl (C=O) groups is 1. The molecule has 5 heteroatoms. The molecule has 1 amide bonds. The first-order chi connectivity index (χ1) is 11.1. The molecule has 1 aliphatic carbocycles. The Balaban J connectivity index is 1.79. The second-order valence-electron chi connectivity index (χ2n) is 6.31. The molecule has 2 aromatic heterocycles. The van der Waals surface area contributed by atoms with Crippen molar-refractivity contribution in [2.75, 3.05) is 19.0 Å². The second kappa shape index (κ2) is 7.13. The van der Waals surface area contributed by atoms with Crippen LogP contribution >= 0.6 is 11.3 Å². The maximum atomic E-state index is 12.7. The number of thiophene rings is 1. The first kappa shape index (κ1) is 16.0. The number of nitrogens with one attached hydrogen (secondary N) is 1. The predicted molar refractivity (Wildman–Crippen MR) is 95.0 cm³/mol.